The summed E-state index contributed by atoms with van der Waals surface area (Å²) < 4.78 is 5.28. The maximum atomic E-state index is 5.28. The van der Waals surface area contributed by atoms with E-state index >= 15 is 0 Å². The molecule has 0 aliphatic heterocycles. The summed E-state index contributed by atoms with van der Waals surface area (Å²) in [5.41, 5.74) is 3.05. The van der Waals surface area contributed by atoms with E-state index in [1.807, 2.05) is 36.5 Å². The first kappa shape index (κ1) is 9.84. The number of rotatable bonds is 2. The van der Waals surface area contributed by atoms with Gasteiger partial charge in [0.25, 0.3) is 0 Å². The van der Waals surface area contributed by atoms with Crippen molar-refractivity contribution in [2.24, 2.45) is 0 Å². The number of nitrogens with one attached hydrogen (secondary N) is 1. The van der Waals surface area contributed by atoms with Gasteiger partial charge in [-0.1, -0.05) is 12.1 Å². The van der Waals surface area contributed by atoms with Crippen molar-refractivity contribution >= 4 is 10.9 Å². The van der Waals surface area contributed by atoms with Gasteiger partial charge in [0.15, 0.2) is 0 Å². The van der Waals surface area contributed by atoms with E-state index in [1.165, 1.54) is 0 Å². The van der Waals surface area contributed by atoms with Crippen molar-refractivity contribution in [3.05, 3.63) is 42.7 Å². The van der Waals surface area contributed by atoms with Gasteiger partial charge in [0.2, 0.25) is 5.88 Å². The quantitative estimate of drug-likeness (QED) is 0.729. The molecule has 2 heterocycles. The Bertz CT molecular complexity index is 660. The van der Waals surface area contributed by atoms with Crippen LogP contribution in [-0.4, -0.2) is 22.3 Å². The lowest BCUT2D eigenvalue weighted by molar-refractivity contribution is 0.400. The van der Waals surface area contributed by atoms with Crippen LogP contribution in [-0.2, 0) is 0 Å². The van der Waals surface area contributed by atoms with Gasteiger partial charge in [0.1, 0.15) is 0 Å². The molecule has 0 radical (unpaired) electrons. The highest BCUT2D eigenvalue weighted by atomic mass is 16.5. The number of ether oxygens (including phenoxy) is 1. The van der Waals surface area contributed by atoms with Gasteiger partial charge in [-0.2, -0.15) is 5.10 Å². The van der Waals surface area contributed by atoms with E-state index in [9.17, 15) is 0 Å². The van der Waals surface area contributed by atoms with Crippen LogP contribution < -0.4 is 4.74 Å². The highest BCUT2D eigenvalue weighted by Crippen LogP contribution is 2.32. The van der Waals surface area contributed by atoms with Gasteiger partial charge in [0.05, 0.1) is 18.8 Å². The maximum Gasteiger partial charge on any atom is 0.221 e. The van der Waals surface area contributed by atoms with E-state index in [4.69, 9.17) is 4.74 Å². The van der Waals surface area contributed by atoms with Gasteiger partial charge in [-0.3, -0.25) is 5.10 Å². The summed E-state index contributed by atoms with van der Waals surface area (Å²) >= 11 is 0. The Morgan fingerprint density at radius 3 is 2.88 bits per heavy atom. The van der Waals surface area contributed by atoms with Crippen molar-refractivity contribution in [3.63, 3.8) is 0 Å². The third kappa shape index (κ3) is 1.54. The highest BCUT2D eigenvalue weighted by molar-refractivity contribution is 5.95. The Hall–Kier alpha value is -2.36. The van der Waals surface area contributed by atoms with Crippen molar-refractivity contribution in [2.45, 2.75) is 0 Å². The van der Waals surface area contributed by atoms with Crippen LogP contribution in [0.2, 0.25) is 0 Å². The van der Waals surface area contributed by atoms with Gasteiger partial charge in [-0.25, -0.2) is 4.98 Å². The van der Waals surface area contributed by atoms with Crippen molar-refractivity contribution in [1.82, 2.24) is 15.2 Å². The minimum atomic E-state index is 0.626. The Morgan fingerprint density at radius 2 is 2.00 bits per heavy atom. The lowest BCUT2D eigenvalue weighted by atomic mass is 10.0. The molecule has 0 unspecified atom stereocenters. The molecule has 0 saturated carbocycles. The average Bonchev–Trinajstić information content (AvgIpc) is 2.86. The molecule has 4 heteroatoms. The zero-order valence-electron chi connectivity index (χ0n) is 9.34. The molecule has 1 aromatic carbocycles. The molecule has 2 aromatic heterocycles. The summed E-state index contributed by atoms with van der Waals surface area (Å²) in [5, 5.41) is 8.08. The molecule has 84 valence electrons. The molecule has 1 N–H and O–H groups in total. The van der Waals surface area contributed by atoms with Crippen LogP contribution in [0.4, 0.5) is 0 Å². The summed E-state index contributed by atoms with van der Waals surface area (Å²) in [6.07, 6.45) is 3.54. The van der Waals surface area contributed by atoms with Gasteiger partial charge >= 0.3 is 0 Å². The van der Waals surface area contributed by atoms with E-state index in [-0.39, 0.29) is 0 Å². The lowest BCUT2D eigenvalue weighted by Crippen LogP contribution is -1.90. The monoisotopic (exact) mass is 225 g/mol. The number of nitrogens with zero attached hydrogens (tertiary/aromatic N) is 2. The van der Waals surface area contributed by atoms with Crippen molar-refractivity contribution < 1.29 is 4.74 Å². The normalized spacial score (nSPS) is 10.6. The molecule has 0 atom stereocenters. The Kier molecular flexibility index (Phi) is 2.26. The molecule has 17 heavy (non-hydrogen) atoms. The Labute approximate surface area is 98.3 Å². The van der Waals surface area contributed by atoms with E-state index in [0.717, 1.165) is 22.0 Å². The molecule has 0 bridgehead atoms. The average molecular weight is 225 g/mol. The number of pyridine rings is 1. The van der Waals surface area contributed by atoms with Gasteiger partial charge < -0.3 is 4.74 Å². The van der Waals surface area contributed by atoms with Crippen LogP contribution in [0.3, 0.4) is 0 Å². The predicted octanol–water partition coefficient (Wildman–Crippen LogP) is 2.63. The first-order valence-corrected chi connectivity index (χ1v) is 5.31. The highest BCUT2D eigenvalue weighted by Gasteiger charge is 2.10. The van der Waals surface area contributed by atoms with Crippen molar-refractivity contribution in [2.75, 3.05) is 7.11 Å². The standard InChI is InChI=1S/C13H11N3O/c1-17-13-10(5-3-7-14-13)9-4-2-6-12-11(9)8-15-16-12/h2-8H,1H3,(H,15,16). The van der Waals surface area contributed by atoms with Crippen LogP contribution in [0.15, 0.2) is 42.7 Å². The molecular weight excluding hydrogens is 214 g/mol. The zero-order valence-corrected chi connectivity index (χ0v) is 9.34. The Morgan fingerprint density at radius 1 is 1.12 bits per heavy atom. The number of benzene rings is 1. The fourth-order valence-electron chi connectivity index (χ4n) is 1.96. The molecule has 0 aliphatic rings. The van der Waals surface area contributed by atoms with Crippen LogP contribution in [0, 0.1) is 0 Å². The molecule has 0 amide bonds. The van der Waals surface area contributed by atoms with Crippen LogP contribution in [0.5, 0.6) is 5.88 Å². The van der Waals surface area contributed by atoms with Crippen LogP contribution in [0.25, 0.3) is 22.0 Å². The number of methoxy groups -OCH3 is 1. The van der Waals surface area contributed by atoms with Gasteiger partial charge in [-0.15, -0.1) is 0 Å². The number of hydrogen-bond donors (Lipinski definition) is 1. The molecule has 3 rings (SSSR count). The predicted molar refractivity (Wildman–Crippen MR) is 65.9 cm³/mol. The molecular formula is C13H11N3O. The first-order valence-electron chi connectivity index (χ1n) is 5.31. The minimum Gasteiger partial charge on any atom is -0.481 e. The summed E-state index contributed by atoms with van der Waals surface area (Å²) in [6.45, 7) is 0. The van der Waals surface area contributed by atoms with Gasteiger partial charge in [-0.05, 0) is 23.8 Å². The van der Waals surface area contributed by atoms with Crippen molar-refractivity contribution in [1.29, 1.82) is 0 Å². The summed E-state index contributed by atoms with van der Waals surface area (Å²) in [7, 11) is 1.63. The molecule has 0 aliphatic carbocycles. The molecule has 4 nitrogen and oxygen atoms in total. The fourth-order valence-corrected chi connectivity index (χ4v) is 1.96. The summed E-state index contributed by atoms with van der Waals surface area (Å²) in [6, 6.07) is 9.92. The second-order valence-corrected chi connectivity index (χ2v) is 3.70. The largest absolute Gasteiger partial charge is 0.481 e. The number of H-pyrrole nitrogens is 1. The number of aromatic nitrogens is 3. The van der Waals surface area contributed by atoms with Crippen LogP contribution in [0.1, 0.15) is 0 Å². The third-order valence-electron chi connectivity index (χ3n) is 2.74. The first-order chi connectivity index (χ1) is 8.40. The topological polar surface area (TPSA) is 50.8 Å². The molecule has 0 spiro atoms. The molecule has 0 fully saturated rings. The zero-order chi connectivity index (χ0) is 11.7. The number of aromatic amines is 1. The summed E-state index contributed by atoms with van der Waals surface area (Å²) in [5.74, 6) is 0.626. The van der Waals surface area contributed by atoms with E-state index in [0.29, 0.717) is 5.88 Å². The molecule has 3 aromatic rings. The fraction of sp³-hybridized carbons (Fsp3) is 0.0769. The van der Waals surface area contributed by atoms with E-state index in [2.05, 4.69) is 15.2 Å². The van der Waals surface area contributed by atoms with Crippen molar-refractivity contribution in [3.8, 4) is 17.0 Å². The third-order valence-corrected chi connectivity index (χ3v) is 2.74. The van der Waals surface area contributed by atoms with E-state index in [1.54, 1.807) is 13.3 Å². The number of fused-ring (bicyclic) bond motifs is 1. The molecule has 0 saturated heterocycles. The lowest BCUT2D eigenvalue weighted by Gasteiger charge is -2.07. The second-order valence-electron chi connectivity index (χ2n) is 3.70. The minimum absolute atomic E-state index is 0.626. The Balaban J connectivity index is 2.30. The number of hydrogen-bond acceptors (Lipinski definition) is 3. The van der Waals surface area contributed by atoms with Crippen LogP contribution >= 0.6 is 0 Å². The van der Waals surface area contributed by atoms with E-state index < -0.39 is 0 Å². The van der Waals surface area contributed by atoms with Gasteiger partial charge in [0, 0.05) is 17.1 Å². The SMILES string of the molecule is COc1ncccc1-c1cccc2[nH]ncc12. The smallest absolute Gasteiger partial charge is 0.221 e. The summed E-state index contributed by atoms with van der Waals surface area (Å²) in [4.78, 5) is 4.21. The maximum absolute atomic E-state index is 5.28. The second kappa shape index (κ2) is 3.90.